The van der Waals surface area contributed by atoms with Crippen molar-refractivity contribution in [3.05, 3.63) is 0 Å². The maximum atomic E-state index is 9.44. The number of hydrogen-bond acceptors (Lipinski definition) is 2. The topological polar surface area (TPSA) is 46.2 Å². The lowest BCUT2D eigenvalue weighted by Crippen LogP contribution is -2.51. The molecule has 0 aromatic rings. The van der Waals surface area contributed by atoms with Crippen LogP contribution in [0.4, 0.5) is 0 Å². The fraction of sp³-hybridized carbons (Fsp3) is 1.00. The molecule has 1 aliphatic rings. The molecular weight excluding hydrogens is 174 g/mol. The van der Waals surface area contributed by atoms with E-state index in [-0.39, 0.29) is 11.5 Å². The Hall–Kier alpha value is -0.0800. The Labute approximate surface area is 87.9 Å². The molecule has 0 aromatic heterocycles. The second-order valence-corrected chi connectivity index (χ2v) is 4.90. The van der Waals surface area contributed by atoms with Gasteiger partial charge in [-0.2, -0.15) is 0 Å². The van der Waals surface area contributed by atoms with Gasteiger partial charge in [0.05, 0.1) is 6.10 Å². The summed E-state index contributed by atoms with van der Waals surface area (Å²) in [6.07, 6.45) is 6.83. The Morgan fingerprint density at radius 2 is 1.79 bits per heavy atom. The van der Waals surface area contributed by atoms with Gasteiger partial charge in [0, 0.05) is 0 Å². The Bertz CT molecular complexity index is 158. The molecule has 0 heterocycles. The lowest BCUT2D eigenvalue weighted by atomic mass is 9.57. The van der Waals surface area contributed by atoms with Crippen molar-refractivity contribution < 1.29 is 5.11 Å². The van der Waals surface area contributed by atoms with E-state index in [9.17, 15) is 5.11 Å². The zero-order valence-corrected chi connectivity index (χ0v) is 9.63. The maximum absolute atomic E-state index is 9.44. The monoisotopic (exact) mass is 199 g/mol. The highest BCUT2D eigenvalue weighted by Crippen LogP contribution is 2.49. The Morgan fingerprint density at radius 1 is 1.29 bits per heavy atom. The normalized spacial score (nSPS) is 31.9. The quantitative estimate of drug-likeness (QED) is 0.689. The van der Waals surface area contributed by atoms with Gasteiger partial charge in [0.1, 0.15) is 0 Å². The Morgan fingerprint density at radius 3 is 2.07 bits per heavy atom. The lowest BCUT2D eigenvalue weighted by molar-refractivity contribution is -0.0689. The molecule has 0 bridgehead atoms. The first-order valence-corrected chi connectivity index (χ1v) is 6.06. The van der Waals surface area contributed by atoms with E-state index in [0.29, 0.717) is 0 Å². The third kappa shape index (κ3) is 2.29. The molecule has 1 aliphatic carbocycles. The van der Waals surface area contributed by atoms with E-state index in [1.807, 2.05) is 0 Å². The van der Waals surface area contributed by atoms with Crippen LogP contribution in [0, 0.1) is 11.3 Å². The zero-order valence-electron chi connectivity index (χ0n) is 9.63. The van der Waals surface area contributed by atoms with Crippen molar-refractivity contribution in [1.29, 1.82) is 0 Å². The maximum Gasteiger partial charge on any atom is 0.0552 e. The average Bonchev–Trinajstić information content (AvgIpc) is 2.12. The molecule has 14 heavy (non-hydrogen) atoms. The second-order valence-electron chi connectivity index (χ2n) is 4.90. The molecule has 0 unspecified atom stereocenters. The standard InChI is InChI=1S/C12H25NO/c1-3-5-10(6-4-2)12(9-13)7-11(14)8-12/h10-11,14H,3-9,13H2,1-2H3. The summed E-state index contributed by atoms with van der Waals surface area (Å²) in [5.41, 5.74) is 6.16. The predicted molar refractivity (Wildman–Crippen MR) is 60.0 cm³/mol. The Kier molecular flexibility index (Phi) is 4.39. The van der Waals surface area contributed by atoms with E-state index >= 15 is 0 Å². The summed E-state index contributed by atoms with van der Waals surface area (Å²) in [5.74, 6) is 0.742. The van der Waals surface area contributed by atoms with Crippen molar-refractivity contribution >= 4 is 0 Å². The molecule has 84 valence electrons. The van der Waals surface area contributed by atoms with Gasteiger partial charge in [-0.3, -0.25) is 0 Å². The van der Waals surface area contributed by atoms with Crippen LogP contribution >= 0.6 is 0 Å². The molecule has 0 radical (unpaired) electrons. The van der Waals surface area contributed by atoms with Gasteiger partial charge in [-0.05, 0) is 30.7 Å². The largest absolute Gasteiger partial charge is 0.393 e. The van der Waals surface area contributed by atoms with Crippen molar-refractivity contribution in [3.63, 3.8) is 0 Å². The summed E-state index contributed by atoms with van der Waals surface area (Å²) >= 11 is 0. The molecule has 1 saturated carbocycles. The van der Waals surface area contributed by atoms with Crippen molar-refractivity contribution in [2.45, 2.75) is 58.5 Å². The third-order valence-corrected chi connectivity index (χ3v) is 3.83. The van der Waals surface area contributed by atoms with E-state index in [0.717, 1.165) is 25.3 Å². The highest BCUT2D eigenvalue weighted by Gasteiger charge is 2.46. The van der Waals surface area contributed by atoms with Crippen molar-refractivity contribution in [2.75, 3.05) is 6.54 Å². The first kappa shape index (κ1) is 12.0. The Balaban J connectivity index is 2.54. The summed E-state index contributed by atoms with van der Waals surface area (Å²) in [5, 5.41) is 9.44. The van der Waals surface area contributed by atoms with Gasteiger partial charge in [-0.25, -0.2) is 0 Å². The van der Waals surface area contributed by atoms with Gasteiger partial charge in [0.2, 0.25) is 0 Å². The first-order chi connectivity index (χ1) is 6.68. The lowest BCUT2D eigenvalue weighted by Gasteiger charge is -2.50. The number of hydrogen-bond donors (Lipinski definition) is 2. The zero-order chi connectivity index (χ0) is 10.6. The molecule has 0 atom stereocenters. The van der Waals surface area contributed by atoms with Gasteiger partial charge < -0.3 is 10.8 Å². The minimum absolute atomic E-state index is 0.0743. The van der Waals surface area contributed by atoms with Crippen LogP contribution < -0.4 is 5.73 Å². The van der Waals surface area contributed by atoms with E-state index in [2.05, 4.69) is 13.8 Å². The molecular formula is C12H25NO. The molecule has 0 aromatic carbocycles. The predicted octanol–water partition coefficient (Wildman–Crippen LogP) is 2.30. The molecule has 2 nitrogen and oxygen atoms in total. The van der Waals surface area contributed by atoms with E-state index in [1.165, 1.54) is 25.7 Å². The molecule has 3 N–H and O–H groups in total. The third-order valence-electron chi connectivity index (χ3n) is 3.83. The molecule has 0 spiro atoms. The molecule has 1 fully saturated rings. The summed E-state index contributed by atoms with van der Waals surface area (Å²) in [6, 6.07) is 0. The van der Waals surface area contributed by atoms with Crippen molar-refractivity contribution in [2.24, 2.45) is 17.1 Å². The van der Waals surface area contributed by atoms with E-state index in [4.69, 9.17) is 5.73 Å². The summed E-state index contributed by atoms with van der Waals surface area (Å²) in [7, 11) is 0. The van der Waals surface area contributed by atoms with Crippen LogP contribution in [0.1, 0.15) is 52.4 Å². The summed E-state index contributed by atoms with van der Waals surface area (Å²) in [6.45, 7) is 5.23. The van der Waals surface area contributed by atoms with Gasteiger partial charge in [-0.15, -0.1) is 0 Å². The molecule has 1 rings (SSSR count). The van der Waals surface area contributed by atoms with Crippen LogP contribution in [0.25, 0.3) is 0 Å². The molecule has 0 amide bonds. The first-order valence-electron chi connectivity index (χ1n) is 6.06. The number of aliphatic hydroxyl groups excluding tert-OH is 1. The average molecular weight is 199 g/mol. The van der Waals surface area contributed by atoms with Crippen LogP contribution in [0.15, 0.2) is 0 Å². The smallest absolute Gasteiger partial charge is 0.0552 e. The van der Waals surface area contributed by atoms with E-state index < -0.39 is 0 Å². The minimum Gasteiger partial charge on any atom is -0.393 e. The molecule has 0 aliphatic heterocycles. The summed E-state index contributed by atoms with van der Waals surface area (Å²) < 4.78 is 0. The van der Waals surface area contributed by atoms with Crippen molar-refractivity contribution in [1.82, 2.24) is 0 Å². The van der Waals surface area contributed by atoms with Gasteiger partial charge in [-0.1, -0.05) is 39.5 Å². The number of rotatable bonds is 6. The molecule has 0 saturated heterocycles. The fourth-order valence-corrected chi connectivity index (χ4v) is 3.00. The van der Waals surface area contributed by atoms with Crippen LogP contribution in [0.2, 0.25) is 0 Å². The van der Waals surface area contributed by atoms with Crippen LogP contribution in [0.5, 0.6) is 0 Å². The van der Waals surface area contributed by atoms with Crippen LogP contribution in [-0.2, 0) is 0 Å². The minimum atomic E-state index is -0.0743. The van der Waals surface area contributed by atoms with Gasteiger partial charge in [0.25, 0.3) is 0 Å². The van der Waals surface area contributed by atoms with Crippen LogP contribution in [0.3, 0.4) is 0 Å². The molecule has 2 heteroatoms. The van der Waals surface area contributed by atoms with Gasteiger partial charge >= 0.3 is 0 Å². The second kappa shape index (κ2) is 5.13. The van der Waals surface area contributed by atoms with Gasteiger partial charge in [0.15, 0.2) is 0 Å². The van der Waals surface area contributed by atoms with Crippen LogP contribution in [-0.4, -0.2) is 17.8 Å². The van der Waals surface area contributed by atoms with Crippen molar-refractivity contribution in [3.8, 4) is 0 Å². The van der Waals surface area contributed by atoms with E-state index in [1.54, 1.807) is 0 Å². The number of nitrogens with two attached hydrogens (primary N) is 1. The SMILES string of the molecule is CCCC(CCC)C1(CN)CC(O)C1. The fourth-order valence-electron chi connectivity index (χ4n) is 3.00. The number of aliphatic hydroxyl groups is 1. The highest BCUT2D eigenvalue weighted by atomic mass is 16.3. The summed E-state index contributed by atoms with van der Waals surface area (Å²) in [4.78, 5) is 0. The highest BCUT2D eigenvalue weighted by molar-refractivity contribution is 4.98.